The summed E-state index contributed by atoms with van der Waals surface area (Å²) in [5.74, 6) is 0. The lowest BCUT2D eigenvalue weighted by Crippen LogP contribution is -2.24. The van der Waals surface area contributed by atoms with Gasteiger partial charge in [0.2, 0.25) is 0 Å². The number of rotatable bonds is 4. The highest BCUT2D eigenvalue weighted by Crippen LogP contribution is 2.33. The average Bonchev–Trinajstić information content (AvgIpc) is 2.69. The van der Waals surface area contributed by atoms with E-state index in [4.69, 9.17) is 23.2 Å². The van der Waals surface area contributed by atoms with Gasteiger partial charge in [0.05, 0.1) is 27.5 Å². The van der Waals surface area contributed by atoms with E-state index in [1.54, 1.807) is 6.07 Å². The number of hydrogen-bond acceptors (Lipinski definition) is 2. The zero-order chi connectivity index (χ0) is 14.0. The van der Waals surface area contributed by atoms with Gasteiger partial charge < -0.3 is 5.32 Å². The Balaban J connectivity index is 2.51. The Hall–Kier alpha value is -1.03. The lowest BCUT2D eigenvalue weighted by atomic mass is 10.0. The van der Waals surface area contributed by atoms with Gasteiger partial charge in [-0.3, -0.25) is 4.68 Å². The summed E-state index contributed by atoms with van der Waals surface area (Å²) in [5, 5.41) is 8.99. The topological polar surface area (TPSA) is 29.9 Å². The number of hydrogen-bond donors (Lipinski definition) is 1. The molecule has 0 saturated carbocycles. The predicted octanol–water partition coefficient (Wildman–Crippen LogP) is 3.73. The molecule has 1 atom stereocenters. The molecule has 1 heterocycles. The van der Waals surface area contributed by atoms with Crippen LogP contribution in [0.15, 0.2) is 24.3 Å². The highest BCUT2D eigenvalue weighted by Gasteiger charge is 2.20. The summed E-state index contributed by atoms with van der Waals surface area (Å²) in [7, 11) is 1.94. The number of nitrogens with zero attached hydrogens (tertiary/aromatic N) is 2. The highest BCUT2D eigenvalue weighted by molar-refractivity contribution is 6.42. The van der Waals surface area contributed by atoms with Crippen molar-refractivity contribution in [2.75, 3.05) is 6.54 Å². The molecule has 1 aromatic heterocycles. The van der Waals surface area contributed by atoms with Gasteiger partial charge in [-0.15, -0.1) is 0 Å². The second kappa shape index (κ2) is 5.95. The van der Waals surface area contributed by atoms with E-state index in [0.29, 0.717) is 10.0 Å². The molecule has 0 aliphatic heterocycles. The molecule has 1 aromatic carbocycles. The quantitative estimate of drug-likeness (QED) is 0.932. The summed E-state index contributed by atoms with van der Waals surface area (Å²) < 4.78 is 1.87. The Morgan fingerprint density at radius 3 is 2.68 bits per heavy atom. The Kier molecular flexibility index (Phi) is 4.50. The van der Waals surface area contributed by atoms with Crippen molar-refractivity contribution in [2.24, 2.45) is 7.05 Å². The van der Waals surface area contributed by atoms with Crippen molar-refractivity contribution in [1.29, 1.82) is 0 Å². The minimum absolute atomic E-state index is 0.0117. The van der Waals surface area contributed by atoms with Crippen molar-refractivity contribution in [3.8, 4) is 0 Å². The van der Waals surface area contributed by atoms with Gasteiger partial charge in [0.15, 0.2) is 0 Å². The molecule has 102 valence electrons. The van der Waals surface area contributed by atoms with Crippen molar-refractivity contribution in [3.05, 3.63) is 51.3 Å². The molecule has 1 N–H and O–H groups in total. The lowest BCUT2D eigenvalue weighted by Gasteiger charge is -2.20. The fraction of sp³-hybridized carbons (Fsp3) is 0.357. The van der Waals surface area contributed by atoms with Crippen molar-refractivity contribution in [3.63, 3.8) is 0 Å². The van der Waals surface area contributed by atoms with E-state index in [-0.39, 0.29) is 6.04 Å². The van der Waals surface area contributed by atoms with Crippen LogP contribution in [0.5, 0.6) is 0 Å². The number of halogens is 2. The second-order valence-electron chi connectivity index (χ2n) is 4.47. The first-order valence-electron chi connectivity index (χ1n) is 6.22. The fourth-order valence-corrected chi connectivity index (χ4v) is 2.64. The van der Waals surface area contributed by atoms with Crippen LogP contribution in [0.4, 0.5) is 0 Å². The van der Waals surface area contributed by atoms with Crippen LogP contribution in [0.25, 0.3) is 0 Å². The molecule has 0 aliphatic carbocycles. The summed E-state index contributed by atoms with van der Waals surface area (Å²) in [5.41, 5.74) is 3.03. The molecule has 0 fully saturated rings. The fourth-order valence-electron chi connectivity index (χ4n) is 2.22. The Morgan fingerprint density at radius 2 is 2.11 bits per heavy atom. The van der Waals surface area contributed by atoms with Gasteiger partial charge in [0.1, 0.15) is 0 Å². The summed E-state index contributed by atoms with van der Waals surface area (Å²) in [6.07, 6.45) is 0. The van der Waals surface area contributed by atoms with Gasteiger partial charge in [-0.2, -0.15) is 5.10 Å². The van der Waals surface area contributed by atoms with Gasteiger partial charge in [0.25, 0.3) is 0 Å². The van der Waals surface area contributed by atoms with E-state index in [2.05, 4.69) is 23.4 Å². The van der Waals surface area contributed by atoms with Gasteiger partial charge in [-0.05, 0) is 31.2 Å². The summed E-state index contributed by atoms with van der Waals surface area (Å²) in [6, 6.07) is 7.75. The molecule has 3 nitrogen and oxygen atoms in total. The van der Waals surface area contributed by atoms with Crippen LogP contribution in [-0.4, -0.2) is 16.3 Å². The van der Waals surface area contributed by atoms with E-state index < -0.39 is 0 Å². The zero-order valence-electron chi connectivity index (χ0n) is 11.2. The number of nitrogens with one attached hydrogen (secondary N) is 1. The van der Waals surface area contributed by atoms with E-state index >= 15 is 0 Å². The number of aryl methyl sites for hydroxylation is 2. The molecule has 2 rings (SSSR count). The maximum absolute atomic E-state index is 6.33. The average molecular weight is 298 g/mol. The molecule has 0 bridgehead atoms. The Morgan fingerprint density at radius 1 is 1.37 bits per heavy atom. The number of aromatic nitrogens is 2. The first-order chi connectivity index (χ1) is 9.04. The predicted molar refractivity (Wildman–Crippen MR) is 79.9 cm³/mol. The molecule has 0 saturated heterocycles. The maximum atomic E-state index is 6.33. The van der Waals surface area contributed by atoms with Crippen LogP contribution in [0.1, 0.15) is 29.9 Å². The van der Waals surface area contributed by atoms with Crippen LogP contribution >= 0.6 is 23.2 Å². The minimum atomic E-state index is -0.0117. The molecule has 1 unspecified atom stereocenters. The van der Waals surface area contributed by atoms with Crippen LogP contribution in [-0.2, 0) is 7.05 Å². The van der Waals surface area contributed by atoms with Crippen molar-refractivity contribution in [2.45, 2.75) is 19.9 Å². The van der Waals surface area contributed by atoms with E-state index in [1.165, 1.54) is 0 Å². The van der Waals surface area contributed by atoms with Gasteiger partial charge >= 0.3 is 0 Å². The maximum Gasteiger partial charge on any atom is 0.0763 e. The third kappa shape index (κ3) is 2.94. The normalized spacial score (nSPS) is 12.7. The zero-order valence-corrected chi connectivity index (χ0v) is 12.8. The van der Waals surface area contributed by atoms with Crippen molar-refractivity contribution < 1.29 is 0 Å². The van der Waals surface area contributed by atoms with Crippen LogP contribution in [0.2, 0.25) is 10.0 Å². The highest BCUT2D eigenvalue weighted by atomic mass is 35.5. The molecular weight excluding hydrogens is 281 g/mol. The first-order valence-corrected chi connectivity index (χ1v) is 6.98. The molecule has 0 aliphatic rings. The SMILES string of the molecule is CCNC(c1cccc(Cl)c1Cl)c1cc(C)nn1C. The van der Waals surface area contributed by atoms with Crippen LogP contribution in [0, 0.1) is 6.92 Å². The second-order valence-corrected chi connectivity index (χ2v) is 5.25. The molecule has 19 heavy (non-hydrogen) atoms. The smallest absolute Gasteiger partial charge is 0.0763 e. The van der Waals surface area contributed by atoms with Crippen LogP contribution < -0.4 is 5.32 Å². The van der Waals surface area contributed by atoms with E-state index in [0.717, 1.165) is 23.5 Å². The summed E-state index contributed by atoms with van der Waals surface area (Å²) >= 11 is 12.4. The first kappa shape index (κ1) is 14.4. The monoisotopic (exact) mass is 297 g/mol. The number of benzene rings is 1. The van der Waals surface area contributed by atoms with E-state index in [1.807, 2.05) is 30.8 Å². The van der Waals surface area contributed by atoms with Crippen molar-refractivity contribution >= 4 is 23.2 Å². The third-order valence-electron chi connectivity index (χ3n) is 3.03. The van der Waals surface area contributed by atoms with Crippen molar-refractivity contribution in [1.82, 2.24) is 15.1 Å². The van der Waals surface area contributed by atoms with Gasteiger partial charge in [-0.1, -0.05) is 42.3 Å². The standard InChI is InChI=1S/C14H17Cl2N3/c1-4-17-14(12-8-9(2)18-19(12)3)10-6-5-7-11(15)13(10)16/h5-8,14,17H,4H2,1-3H3. The molecule has 0 radical (unpaired) electrons. The minimum Gasteiger partial charge on any atom is -0.305 e. The molecule has 0 spiro atoms. The molecule has 0 amide bonds. The van der Waals surface area contributed by atoms with Crippen LogP contribution in [0.3, 0.4) is 0 Å². The molecule has 2 aromatic rings. The lowest BCUT2D eigenvalue weighted by molar-refractivity contribution is 0.572. The van der Waals surface area contributed by atoms with Gasteiger partial charge in [0, 0.05) is 7.05 Å². The Bertz CT molecular complexity index is 578. The largest absolute Gasteiger partial charge is 0.305 e. The third-order valence-corrected chi connectivity index (χ3v) is 3.87. The van der Waals surface area contributed by atoms with Gasteiger partial charge in [-0.25, -0.2) is 0 Å². The van der Waals surface area contributed by atoms with E-state index in [9.17, 15) is 0 Å². The Labute approximate surface area is 123 Å². The summed E-state index contributed by atoms with van der Waals surface area (Å²) in [6.45, 7) is 4.87. The molecular formula is C14H17Cl2N3. The molecule has 5 heteroatoms. The summed E-state index contributed by atoms with van der Waals surface area (Å²) in [4.78, 5) is 0.